The Hall–Kier alpha value is -2.93. The molecule has 2 amide bonds. The van der Waals surface area contributed by atoms with Crippen LogP contribution < -0.4 is 14.5 Å². The quantitative estimate of drug-likeness (QED) is 0.759. The molecule has 2 heterocycles. The largest absolute Gasteiger partial charge is 0.497 e. The Morgan fingerprint density at radius 1 is 1.00 bits per heavy atom. The average molecular weight is 383 g/mol. The summed E-state index contributed by atoms with van der Waals surface area (Å²) in [4.78, 5) is 30.8. The van der Waals surface area contributed by atoms with Gasteiger partial charge in [0, 0.05) is 32.2 Å². The Bertz CT molecular complexity index is 896. The molecule has 0 bridgehead atoms. The van der Waals surface area contributed by atoms with Crippen molar-refractivity contribution in [2.24, 2.45) is 0 Å². The molecule has 2 saturated heterocycles. The van der Waals surface area contributed by atoms with Crippen LogP contribution in [0.5, 0.6) is 5.75 Å². The number of benzene rings is 2. The van der Waals surface area contributed by atoms with Crippen LogP contribution in [0.3, 0.4) is 0 Å². The molecule has 2 aliphatic rings. The Kier molecular flexibility index (Phi) is 5.00. The number of carbonyl (C=O) groups is 2. The zero-order valence-electron chi connectivity index (χ0n) is 15.7. The minimum absolute atomic E-state index is 0.162. The van der Waals surface area contributed by atoms with Gasteiger partial charge in [-0.1, -0.05) is 18.2 Å². The van der Waals surface area contributed by atoms with Crippen molar-refractivity contribution in [2.75, 3.05) is 43.1 Å². The first-order valence-corrected chi connectivity index (χ1v) is 9.33. The molecule has 0 aromatic heterocycles. The van der Waals surface area contributed by atoms with Crippen LogP contribution >= 0.6 is 0 Å². The molecule has 4 rings (SSSR count). The lowest BCUT2D eigenvalue weighted by Crippen LogP contribution is -2.52. The van der Waals surface area contributed by atoms with Crippen molar-refractivity contribution in [3.63, 3.8) is 0 Å². The summed E-state index contributed by atoms with van der Waals surface area (Å²) in [5, 5.41) is 0. The number of imide groups is 1. The fourth-order valence-corrected chi connectivity index (χ4v) is 3.90. The third kappa shape index (κ3) is 3.33. The number of hydrogen-bond acceptors (Lipinski definition) is 5. The van der Waals surface area contributed by atoms with E-state index in [-0.39, 0.29) is 24.1 Å². The molecular formula is C21H22FN3O3. The standard InChI is InChI=1S/C21H22FN3O3/c1-28-16-6-4-5-15(13-16)25-20(26)14-19(21(25)27)24-11-9-23(10-12-24)18-8-3-2-7-17(18)22/h2-8,13,19H,9-12,14H2,1H3. The molecule has 28 heavy (non-hydrogen) atoms. The summed E-state index contributed by atoms with van der Waals surface area (Å²) >= 11 is 0. The molecule has 2 aromatic carbocycles. The van der Waals surface area contributed by atoms with E-state index in [1.54, 1.807) is 43.5 Å². The van der Waals surface area contributed by atoms with Gasteiger partial charge in [0.05, 0.1) is 30.9 Å². The highest BCUT2D eigenvalue weighted by molar-refractivity contribution is 6.22. The maximum atomic E-state index is 14.0. The zero-order chi connectivity index (χ0) is 19.7. The second-order valence-corrected chi connectivity index (χ2v) is 6.96. The summed E-state index contributed by atoms with van der Waals surface area (Å²) in [6.45, 7) is 2.42. The number of methoxy groups -OCH3 is 1. The van der Waals surface area contributed by atoms with Crippen LogP contribution in [0.1, 0.15) is 6.42 Å². The summed E-state index contributed by atoms with van der Waals surface area (Å²) in [5.74, 6) is -0.0651. The number of piperazine rings is 1. The van der Waals surface area contributed by atoms with Crippen molar-refractivity contribution in [1.29, 1.82) is 0 Å². The Morgan fingerprint density at radius 2 is 1.75 bits per heavy atom. The van der Waals surface area contributed by atoms with Crippen molar-refractivity contribution in [3.05, 3.63) is 54.3 Å². The van der Waals surface area contributed by atoms with E-state index in [2.05, 4.69) is 0 Å². The highest BCUT2D eigenvalue weighted by atomic mass is 19.1. The smallest absolute Gasteiger partial charge is 0.251 e. The first-order chi connectivity index (χ1) is 13.6. The molecule has 2 fully saturated rings. The summed E-state index contributed by atoms with van der Waals surface area (Å²) in [6.07, 6.45) is 0.162. The number of amides is 2. The Labute approximate surface area is 163 Å². The molecule has 0 saturated carbocycles. The monoisotopic (exact) mass is 383 g/mol. The summed E-state index contributed by atoms with van der Waals surface area (Å²) in [5.41, 5.74) is 1.11. The number of rotatable bonds is 4. The summed E-state index contributed by atoms with van der Waals surface area (Å²) in [6, 6.07) is 13.2. The molecule has 2 aromatic rings. The van der Waals surface area contributed by atoms with Gasteiger partial charge in [0.25, 0.3) is 5.91 Å². The highest BCUT2D eigenvalue weighted by Crippen LogP contribution is 2.29. The lowest BCUT2D eigenvalue weighted by atomic mass is 10.1. The fourth-order valence-electron chi connectivity index (χ4n) is 3.90. The molecule has 1 unspecified atom stereocenters. The van der Waals surface area contributed by atoms with Crippen molar-refractivity contribution >= 4 is 23.2 Å². The van der Waals surface area contributed by atoms with Gasteiger partial charge < -0.3 is 9.64 Å². The van der Waals surface area contributed by atoms with E-state index >= 15 is 0 Å². The number of nitrogens with zero attached hydrogens (tertiary/aromatic N) is 3. The maximum Gasteiger partial charge on any atom is 0.251 e. The van der Waals surface area contributed by atoms with E-state index in [0.29, 0.717) is 43.3 Å². The van der Waals surface area contributed by atoms with Gasteiger partial charge in [-0.15, -0.1) is 0 Å². The van der Waals surface area contributed by atoms with Gasteiger partial charge in [-0.05, 0) is 24.3 Å². The van der Waals surface area contributed by atoms with Gasteiger partial charge in [0.1, 0.15) is 11.6 Å². The number of anilines is 2. The molecule has 0 aliphatic carbocycles. The summed E-state index contributed by atoms with van der Waals surface area (Å²) in [7, 11) is 1.55. The topological polar surface area (TPSA) is 53.1 Å². The number of carbonyl (C=O) groups excluding carboxylic acids is 2. The zero-order valence-corrected chi connectivity index (χ0v) is 15.7. The van der Waals surface area contributed by atoms with Crippen molar-refractivity contribution in [3.8, 4) is 5.75 Å². The molecule has 0 spiro atoms. The second-order valence-electron chi connectivity index (χ2n) is 6.96. The maximum absolute atomic E-state index is 14.0. The average Bonchev–Trinajstić information content (AvgIpc) is 3.02. The van der Waals surface area contributed by atoms with Gasteiger partial charge >= 0.3 is 0 Å². The van der Waals surface area contributed by atoms with E-state index in [0.717, 1.165) is 0 Å². The molecule has 146 valence electrons. The number of ether oxygens (including phenoxy) is 1. The van der Waals surface area contributed by atoms with Crippen LogP contribution in [0, 0.1) is 5.82 Å². The SMILES string of the molecule is COc1cccc(N2C(=O)CC(N3CCN(c4ccccc4F)CC3)C2=O)c1. The van der Waals surface area contributed by atoms with Crippen LogP contribution in [-0.4, -0.2) is 56.0 Å². The van der Waals surface area contributed by atoms with E-state index in [1.165, 1.54) is 11.0 Å². The molecule has 6 nitrogen and oxygen atoms in total. The fraction of sp³-hybridized carbons (Fsp3) is 0.333. The van der Waals surface area contributed by atoms with Crippen LogP contribution in [0.2, 0.25) is 0 Å². The Morgan fingerprint density at radius 3 is 2.46 bits per heavy atom. The van der Waals surface area contributed by atoms with E-state index < -0.39 is 6.04 Å². The molecule has 2 aliphatic heterocycles. The van der Waals surface area contributed by atoms with E-state index in [9.17, 15) is 14.0 Å². The first kappa shape index (κ1) is 18.4. The molecular weight excluding hydrogens is 361 g/mol. The number of halogens is 1. The number of para-hydroxylation sites is 1. The van der Waals surface area contributed by atoms with Crippen molar-refractivity contribution in [1.82, 2.24) is 4.90 Å². The van der Waals surface area contributed by atoms with Gasteiger partial charge in [0.2, 0.25) is 5.91 Å². The molecule has 1 atom stereocenters. The van der Waals surface area contributed by atoms with Gasteiger partial charge in [-0.3, -0.25) is 14.5 Å². The van der Waals surface area contributed by atoms with Crippen molar-refractivity contribution < 1.29 is 18.7 Å². The second kappa shape index (κ2) is 7.59. The molecule has 7 heteroatoms. The Balaban J connectivity index is 1.45. The third-order valence-corrected chi connectivity index (χ3v) is 5.38. The van der Waals surface area contributed by atoms with Crippen LogP contribution in [-0.2, 0) is 9.59 Å². The highest BCUT2D eigenvalue weighted by Gasteiger charge is 2.43. The van der Waals surface area contributed by atoms with Gasteiger partial charge in [-0.25, -0.2) is 9.29 Å². The minimum Gasteiger partial charge on any atom is -0.497 e. The van der Waals surface area contributed by atoms with Crippen LogP contribution in [0.25, 0.3) is 0 Å². The lowest BCUT2D eigenvalue weighted by molar-refractivity contribution is -0.123. The summed E-state index contributed by atoms with van der Waals surface area (Å²) < 4.78 is 19.2. The number of hydrogen-bond donors (Lipinski definition) is 0. The predicted octanol–water partition coefficient (Wildman–Crippen LogP) is 2.29. The van der Waals surface area contributed by atoms with Gasteiger partial charge in [-0.2, -0.15) is 0 Å². The molecule has 0 N–H and O–H groups in total. The van der Waals surface area contributed by atoms with E-state index in [4.69, 9.17) is 4.74 Å². The lowest BCUT2D eigenvalue weighted by Gasteiger charge is -2.38. The van der Waals surface area contributed by atoms with Crippen LogP contribution in [0.4, 0.5) is 15.8 Å². The van der Waals surface area contributed by atoms with Crippen LogP contribution in [0.15, 0.2) is 48.5 Å². The first-order valence-electron chi connectivity index (χ1n) is 9.33. The molecule has 0 radical (unpaired) electrons. The van der Waals surface area contributed by atoms with Crippen molar-refractivity contribution in [2.45, 2.75) is 12.5 Å². The predicted molar refractivity (Wildman–Crippen MR) is 104 cm³/mol. The van der Waals surface area contributed by atoms with Gasteiger partial charge in [0.15, 0.2) is 0 Å². The van der Waals surface area contributed by atoms with E-state index in [1.807, 2.05) is 15.9 Å². The minimum atomic E-state index is -0.471. The normalized spacial score (nSPS) is 20.7. The third-order valence-electron chi connectivity index (χ3n) is 5.38.